The number of hydrogen-bond donors (Lipinski definition) is 1. The lowest BCUT2D eigenvalue weighted by atomic mass is 10.2. The van der Waals surface area contributed by atoms with Crippen molar-refractivity contribution >= 4 is 13.9 Å². The van der Waals surface area contributed by atoms with Gasteiger partial charge in [-0.3, -0.25) is 9.36 Å². The van der Waals surface area contributed by atoms with Crippen LogP contribution < -0.4 is 4.74 Å². The number of hydrogen-bond acceptors (Lipinski definition) is 4. The van der Waals surface area contributed by atoms with E-state index in [1.54, 1.807) is 31.2 Å². The number of aldehydes is 1. The molecule has 2 atom stereocenters. The van der Waals surface area contributed by atoms with Crippen LogP contribution in [0.2, 0.25) is 0 Å². The van der Waals surface area contributed by atoms with Gasteiger partial charge in [0.15, 0.2) is 6.35 Å². The van der Waals surface area contributed by atoms with Crippen molar-refractivity contribution in [1.82, 2.24) is 0 Å². The molecule has 100 valence electrons. The minimum Gasteiger partial charge on any atom is -0.481 e. The van der Waals surface area contributed by atoms with Gasteiger partial charge in [-0.2, -0.15) is 0 Å². The van der Waals surface area contributed by atoms with E-state index in [0.717, 1.165) is 0 Å². The van der Waals surface area contributed by atoms with Crippen molar-refractivity contribution < 1.29 is 23.5 Å². The van der Waals surface area contributed by atoms with Crippen LogP contribution in [0.1, 0.15) is 30.6 Å². The molecule has 1 N–H and O–H groups in total. The fourth-order valence-electron chi connectivity index (χ4n) is 1.18. The van der Waals surface area contributed by atoms with Gasteiger partial charge in [0.25, 0.3) is 0 Å². The second kappa shape index (κ2) is 6.69. The summed E-state index contributed by atoms with van der Waals surface area (Å²) in [4.78, 5) is 20.0. The van der Waals surface area contributed by atoms with Crippen molar-refractivity contribution in [3.8, 4) is 5.75 Å². The van der Waals surface area contributed by atoms with E-state index in [-0.39, 0.29) is 6.10 Å². The molecule has 2 unspecified atom stereocenters. The molecule has 0 aliphatic carbocycles. The number of benzene rings is 1. The van der Waals surface area contributed by atoms with Crippen LogP contribution >= 0.6 is 7.60 Å². The number of carbonyl (C=O) groups is 1. The molecule has 0 bridgehead atoms. The third kappa shape index (κ3) is 5.00. The van der Waals surface area contributed by atoms with Crippen molar-refractivity contribution in [1.29, 1.82) is 0 Å². The molecule has 0 fully saturated rings. The zero-order valence-electron chi connectivity index (χ0n) is 10.4. The molecule has 18 heavy (non-hydrogen) atoms. The van der Waals surface area contributed by atoms with E-state index in [1.165, 1.54) is 0 Å². The molecule has 0 radical (unpaired) electrons. The number of carbonyl (C=O) groups excluding carboxylic acids is 1. The first-order valence-electron chi connectivity index (χ1n) is 5.65. The molecule has 5 nitrogen and oxygen atoms in total. The normalized spacial score (nSPS) is 15.7. The Labute approximate surface area is 106 Å². The molecule has 1 rings (SSSR count). The summed E-state index contributed by atoms with van der Waals surface area (Å²) in [5.74, 6) is 0.419. The molecule has 0 saturated heterocycles. The molecule has 0 aromatic heterocycles. The molecule has 0 spiro atoms. The van der Waals surface area contributed by atoms with Gasteiger partial charge in [0.05, 0.1) is 6.10 Å². The minimum absolute atomic E-state index is 0.290. The number of rotatable bonds is 7. The van der Waals surface area contributed by atoms with Gasteiger partial charge in [0.1, 0.15) is 12.0 Å². The Kier molecular flexibility index (Phi) is 5.54. The van der Waals surface area contributed by atoms with Gasteiger partial charge in [-0.05, 0) is 37.6 Å². The van der Waals surface area contributed by atoms with Crippen LogP contribution in [0.15, 0.2) is 24.3 Å². The van der Waals surface area contributed by atoms with Crippen molar-refractivity contribution in [2.75, 3.05) is 6.35 Å². The molecule has 0 saturated carbocycles. The van der Waals surface area contributed by atoms with Gasteiger partial charge in [0, 0.05) is 5.56 Å². The molecule has 0 amide bonds. The Bertz CT molecular complexity index is 429. The maximum atomic E-state index is 11.6. The summed E-state index contributed by atoms with van der Waals surface area (Å²) >= 11 is 0. The van der Waals surface area contributed by atoms with Crippen LogP contribution in [0.5, 0.6) is 5.75 Å². The summed E-state index contributed by atoms with van der Waals surface area (Å²) in [7, 11) is -3.74. The highest BCUT2D eigenvalue weighted by Gasteiger charge is 2.23. The average molecular weight is 272 g/mol. The Morgan fingerprint density at radius 1 is 1.39 bits per heavy atom. The molecule has 1 aromatic carbocycles. The van der Waals surface area contributed by atoms with Crippen LogP contribution in [0.25, 0.3) is 0 Å². The van der Waals surface area contributed by atoms with Crippen molar-refractivity contribution in [2.45, 2.75) is 26.4 Å². The zero-order valence-corrected chi connectivity index (χ0v) is 11.3. The van der Waals surface area contributed by atoms with Gasteiger partial charge in [-0.25, -0.2) is 0 Å². The Morgan fingerprint density at radius 2 is 2.00 bits per heavy atom. The van der Waals surface area contributed by atoms with Crippen LogP contribution in [0.4, 0.5) is 0 Å². The van der Waals surface area contributed by atoms with E-state index in [2.05, 4.69) is 0 Å². The molecule has 0 heterocycles. The first kappa shape index (κ1) is 14.9. The maximum Gasteiger partial charge on any atom is 0.365 e. The molecular weight excluding hydrogens is 255 g/mol. The van der Waals surface area contributed by atoms with Crippen molar-refractivity contribution in [3.63, 3.8) is 0 Å². The van der Waals surface area contributed by atoms with Gasteiger partial charge in [0.2, 0.25) is 0 Å². The Morgan fingerprint density at radius 3 is 2.50 bits per heavy atom. The first-order valence-corrected chi connectivity index (χ1v) is 7.41. The summed E-state index contributed by atoms with van der Waals surface area (Å²) in [5.41, 5.74) is 0.519. The van der Waals surface area contributed by atoms with Gasteiger partial charge in [-0.15, -0.1) is 0 Å². The zero-order chi connectivity index (χ0) is 13.6. The minimum atomic E-state index is -3.74. The number of ether oxygens (including phenoxy) is 1. The van der Waals surface area contributed by atoms with E-state index in [1.807, 2.05) is 6.92 Å². The smallest absolute Gasteiger partial charge is 0.365 e. The van der Waals surface area contributed by atoms with Gasteiger partial charge >= 0.3 is 7.60 Å². The lowest BCUT2D eigenvalue weighted by Crippen LogP contribution is -2.09. The average Bonchev–Trinajstić information content (AvgIpc) is 2.36. The van der Waals surface area contributed by atoms with Crippen LogP contribution in [-0.4, -0.2) is 23.6 Å². The third-order valence-corrected chi connectivity index (χ3v) is 3.47. The first-order chi connectivity index (χ1) is 8.46. The molecule has 0 aliphatic heterocycles. The lowest BCUT2D eigenvalue weighted by Gasteiger charge is -2.17. The van der Waals surface area contributed by atoms with Gasteiger partial charge < -0.3 is 14.2 Å². The van der Waals surface area contributed by atoms with Gasteiger partial charge in [-0.1, -0.05) is 6.92 Å². The standard InChI is InChI=1S/C12H17O5P/c1-3-10(2)17-18(14,15)9-16-12-6-4-11(8-13)5-7-12/h4-8,10H,3,9H2,1-2H3,(H,14,15). The second-order valence-electron chi connectivity index (χ2n) is 3.92. The van der Waals surface area contributed by atoms with Crippen LogP contribution in [0, 0.1) is 0 Å². The monoisotopic (exact) mass is 272 g/mol. The highest BCUT2D eigenvalue weighted by Crippen LogP contribution is 2.43. The SMILES string of the molecule is CCC(C)OP(=O)(O)COc1ccc(C=O)cc1. The van der Waals surface area contributed by atoms with Crippen molar-refractivity contribution in [2.24, 2.45) is 0 Å². The highest BCUT2D eigenvalue weighted by atomic mass is 31.2. The fraction of sp³-hybridized carbons (Fsp3) is 0.417. The summed E-state index contributed by atoms with van der Waals surface area (Å²) in [6, 6.07) is 6.26. The van der Waals surface area contributed by atoms with Crippen molar-refractivity contribution in [3.05, 3.63) is 29.8 Å². The fourth-order valence-corrected chi connectivity index (χ4v) is 2.27. The van der Waals surface area contributed by atoms with Crippen LogP contribution in [0.3, 0.4) is 0 Å². The largest absolute Gasteiger partial charge is 0.481 e. The summed E-state index contributed by atoms with van der Waals surface area (Å²) in [6.45, 7) is 3.59. The van der Waals surface area contributed by atoms with E-state index >= 15 is 0 Å². The molecule has 6 heteroatoms. The maximum absolute atomic E-state index is 11.6. The Hall–Kier alpha value is -1.16. The third-order valence-electron chi connectivity index (χ3n) is 2.33. The summed E-state index contributed by atoms with van der Waals surface area (Å²) in [5, 5.41) is 0. The Balaban J connectivity index is 2.52. The predicted molar refractivity (Wildman–Crippen MR) is 68.0 cm³/mol. The summed E-state index contributed by atoms with van der Waals surface area (Å²) < 4.78 is 21.8. The molecule has 0 aliphatic rings. The molecule has 1 aromatic rings. The molecular formula is C12H17O5P. The van der Waals surface area contributed by atoms with E-state index in [9.17, 15) is 14.3 Å². The predicted octanol–water partition coefficient (Wildman–Crippen LogP) is 2.84. The summed E-state index contributed by atoms with van der Waals surface area (Å²) in [6.07, 6.45) is 0.671. The topological polar surface area (TPSA) is 72.8 Å². The highest BCUT2D eigenvalue weighted by molar-refractivity contribution is 7.52. The lowest BCUT2D eigenvalue weighted by molar-refractivity contribution is 0.112. The van der Waals surface area contributed by atoms with Crippen LogP contribution in [-0.2, 0) is 9.09 Å². The van der Waals surface area contributed by atoms with E-state index in [0.29, 0.717) is 24.0 Å². The second-order valence-corrected chi connectivity index (χ2v) is 5.67. The van der Waals surface area contributed by atoms with E-state index < -0.39 is 13.9 Å². The van der Waals surface area contributed by atoms with E-state index in [4.69, 9.17) is 9.26 Å². The quantitative estimate of drug-likeness (QED) is 0.610.